The van der Waals surface area contributed by atoms with Gasteiger partial charge in [0.1, 0.15) is 5.82 Å². The molecule has 2 aromatic carbocycles. The third-order valence-corrected chi connectivity index (χ3v) is 6.45. The highest BCUT2D eigenvalue weighted by Gasteiger charge is 2.37. The van der Waals surface area contributed by atoms with E-state index in [9.17, 15) is 27.9 Å². The SMILES string of the molecule is O=C(NCc1ccc(F)c(Cl)c1)c1nn(CC2(c3ccc(F)c(F)c3)CCCC2)cc(O)c1=O. The zero-order valence-corrected chi connectivity index (χ0v) is 18.7. The van der Waals surface area contributed by atoms with Crippen LogP contribution in [0.5, 0.6) is 5.75 Å². The maximum atomic E-state index is 13.9. The first-order valence-electron chi connectivity index (χ1n) is 10.7. The van der Waals surface area contributed by atoms with Gasteiger partial charge >= 0.3 is 0 Å². The summed E-state index contributed by atoms with van der Waals surface area (Å²) >= 11 is 5.75. The van der Waals surface area contributed by atoms with Crippen LogP contribution in [0.3, 0.4) is 0 Å². The quantitative estimate of drug-likeness (QED) is 0.533. The fourth-order valence-electron chi connectivity index (χ4n) is 4.39. The van der Waals surface area contributed by atoms with Crippen LogP contribution >= 0.6 is 11.6 Å². The van der Waals surface area contributed by atoms with Gasteiger partial charge in [-0.15, -0.1) is 0 Å². The van der Waals surface area contributed by atoms with Crippen molar-refractivity contribution in [1.29, 1.82) is 0 Å². The molecule has 1 amide bonds. The van der Waals surface area contributed by atoms with Crippen LogP contribution in [0.2, 0.25) is 5.02 Å². The third kappa shape index (κ3) is 4.79. The summed E-state index contributed by atoms with van der Waals surface area (Å²) in [5.41, 5.74) is -0.973. The van der Waals surface area contributed by atoms with E-state index < -0.39 is 45.6 Å². The Bertz CT molecular complexity index is 1310. The highest BCUT2D eigenvalue weighted by atomic mass is 35.5. The van der Waals surface area contributed by atoms with Gasteiger partial charge in [-0.1, -0.05) is 36.6 Å². The number of halogens is 4. The lowest BCUT2D eigenvalue weighted by Crippen LogP contribution is -2.34. The van der Waals surface area contributed by atoms with Gasteiger partial charge in [-0.05, 0) is 48.2 Å². The molecule has 10 heteroatoms. The molecule has 0 aliphatic heterocycles. The van der Waals surface area contributed by atoms with Crippen LogP contribution in [0.1, 0.15) is 47.3 Å². The predicted molar refractivity (Wildman–Crippen MR) is 119 cm³/mol. The third-order valence-electron chi connectivity index (χ3n) is 6.16. The van der Waals surface area contributed by atoms with Gasteiger partial charge in [0, 0.05) is 12.0 Å². The van der Waals surface area contributed by atoms with Crippen LogP contribution in [0, 0.1) is 17.5 Å². The van der Waals surface area contributed by atoms with Gasteiger partial charge in [0.25, 0.3) is 11.3 Å². The Balaban J connectivity index is 1.60. The highest BCUT2D eigenvalue weighted by molar-refractivity contribution is 6.30. The summed E-state index contributed by atoms with van der Waals surface area (Å²) in [6.07, 6.45) is 4.18. The van der Waals surface area contributed by atoms with Crippen LogP contribution in [-0.4, -0.2) is 20.8 Å². The van der Waals surface area contributed by atoms with E-state index in [1.807, 2.05) is 0 Å². The fraction of sp³-hybridized carbons (Fsp3) is 0.292. The Hall–Kier alpha value is -3.33. The molecule has 1 saturated carbocycles. The summed E-state index contributed by atoms with van der Waals surface area (Å²) in [5.74, 6) is -4.00. The molecule has 178 valence electrons. The molecule has 1 aromatic heterocycles. The van der Waals surface area contributed by atoms with Crippen molar-refractivity contribution < 1.29 is 23.1 Å². The van der Waals surface area contributed by atoms with Crippen LogP contribution in [0.15, 0.2) is 47.4 Å². The molecular formula is C24H21ClF3N3O3. The van der Waals surface area contributed by atoms with Gasteiger partial charge in [-0.2, -0.15) is 5.10 Å². The monoisotopic (exact) mass is 491 g/mol. The first-order valence-corrected chi connectivity index (χ1v) is 11.0. The van der Waals surface area contributed by atoms with Crippen molar-refractivity contribution in [2.45, 2.75) is 44.2 Å². The molecule has 4 rings (SSSR count). The van der Waals surface area contributed by atoms with Gasteiger partial charge in [-0.3, -0.25) is 14.3 Å². The zero-order chi connectivity index (χ0) is 24.5. The average Bonchev–Trinajstić information content (AvgIpc) is 3.28. The van der Waals surface area contributed by atoms with Crippen molar-refractivity contribution in [2.75, 3.05) is 0 Å². The first-order chi connectivity index (χ1) is 16.2. The number of nitrogens with zero attached hydrogens (tertiary/aromatic N) is 2. The Morgan fingerprint density at radius 3 is 2.47 bits per heavy atom. The van der Waals surface area contributed by atoms with Crippen molar-refractivity contribution in [3.05, 3.63) is 92.1 Å². The number of rotatable bonds is 6. The highest BCUT2D eigenvalue weighted by Crippen LogP contribution is 2.42. The molecule has 1 aliphatic rings. The number of benzene rings is 2. The molecule has 34 heavy (non-hydrogen) atoms. The molecule has 0 unspecified atom stereocenters. The van der Waals surface area contributed by atoms with Crippen LogP contribution in [0.4, 0.5) is 13.2 Å². The molecule has 0 bridgehead atoms. The maximum Gasteiger partial charge on any atom is 0.276 e. The minimum absolute atomic E-state index is 0.0472. The lowest BCUT2D eigenvalue weighted by molar-refractivity contribution is 0.0940. The van der Waals surface area contributed by atoms with Crippen molar-refractivity contribution in [3.8, 4) is 5.75 Å². The van der Waals surface area contributed by atoms with Crippen molar-refractivity contribution in [1.82, 2.24) is 15.1 Å². The van der Waals surface area contributed by atoms with Gasteiger partial charge in [0.2, 0.25) is 0 Å². The minimum Gasteiger partial charge on any atom is -0.503 e. The van der Waals surface area contributed by atoms with E-state index in [0.717, 1.165) is 37.2 Å². The summed E-state index contributed by atoms with van der Waals surface area (Å²) in [5, 5.41) is 16.7. The molecule has 2 N–H and O–H groups in total. The largest absolute Gasteiger partial charge is 0.503 e. The fourth-order valence-corrected chi connectivity index (χ4v) is 4.60. The summed E-state index contributed by atoms with van der Waals surface area (Å²) in [7, 11) is 0. The number of aromatic hydroxyl groups is 1. The Labute approximate surface area is 198 Å². The zero-order valence-electron chi connectivity index (χ0n) is 18.0. The molecule has 0 spiro atoms. The number of hydrogen-bond donors (Lipinski definition) is 2. The number of carbonyl (C=O) groups is 1. The van der Waals surface area contributed by atoms with Gasteiger partial charge in [0.05, 0.1) is 17.8 Å². The van der Waals surface area contributed by atoms with Crippen LogP contribution < -0.4 is 10.7 Å². The van der Waals surface area contributed by atoms with E-state index >= 15 is 0 Å². The topological polar surface area (TPSA) is 84.2 Å². The number of aromatic nitrogens is 2. The average molecular weight is 492 g/mol. The van der Waals surface area contributed by atoms with E-state index in [4.69, 9.17) is 11.6 Å². The number of carbonyl (C=O) groups excluding carboxylic acids is 1. The molecule has 6 nitrogen and oxygen atoms in total. The minimum atomic E-state index is -0.958. The van der Waals surface area contributed by atoms with E-state index in [-0.39, 0.29) is 18.1 Å². The van der Waals surface area contributed by atoms with Crippen LogP contribution in [0.25, 0.3) is 0 Å². The van der Waals surface area contributed by atoms with Crippen molar-refractivity contribution in [2.24, 2.45) is 0 Å². The molecular weight excluding hydrogens is 471 g/mol. The lowest BCUT2D eigenvalue weighted by atomic mass is 9.78. The maximum absolute atomic E-state index is 13.9. The van der Waals surface area contributed by atoms with E-state index in [1.54, 1.807) is 0 Å². The number of amides is 1. The first kappa shape index (κ1) is 23.8. The second-order valence-electron chi connectivity index (χ2n) is 8.44. The Morgan fingerprint density at radius 2 is 1.79 bits per heavy atom. The lowest BCUT2D eigenvalue weighted by Gasteiger charge is -2.30. The van der Waals surface area contributed by atoms with Crippen LogP contribution in [-0.2, 0) is 18.5 Å². The summed E-state index contributed by atoms with van der Waals surface area (Å²) < 4.78 is 42.0. The molecule has 0 radical (unpaired) electrons. The smallest absolute Gasteiger partial charge is 0.276 e. The van der Waals surface area contributed by atoms with Crippen molar-refractivity contribution >= 4 is 17.5 Å². The Kier molecular flexibility index (Phi) is 6.65. The second-order valence-corrected chi connectivity index (χ2v) is 8.84. The Morgan fingerprint density at radius 1 is 1.09 bits per heavy atom. The number of nitrogens with one attached hydrogen (secondary N) is 1. The van der Waals surface area contributed by atoms with Gasteiger partial charge < -0.3 is 10.4 Å². The molecule has 3 aromatic rings. The second kappa shape index (κ2) is 9.50. The van der Waals surface area contributed by atoms with Gasteiger partial charge in [-0.25, -0.2) is 13.2 Å². The van der Waals surface area contributed by atoms with Gasteiger partial charge in [0.15, 0.2) is 23.1 Å². The molecule has 0 atom stereocenters. The standard InChI is InChI=1S/C24H21ClF3N3O3/c25-16-9-14(3-5-17(16)26)11-29-23(34)21-22(33)20(32)12-31(30-21)13-24(7-1-2-8-24)15-4-6-18(27)19(28)10-15/h3-6,9-10,12,32H,1-2,7-8,11,13H2,(H,29,34). The number of hydrogen-bond acceptors (Lipinski definition) is 4. The summed E-state index contributed by atoms with van der Waals surface area (Å²) in [6.45, 7) is 0.105. The summed E-state index contributed by atoms with van der Waals surface area (Å²) in [4.78, 5) is 25.1. The molecule has 1 fully saturated rings. The molecule has 1 aliphatic carbocycles. The van der Waals surface area contributed by atoms with E-state index in [0.29, 0.717) is 24.0 Å². The predicted octanol–water partition coefficient (Wildman–Crippen LogP) is 4.46. The molecule has 0 saturated heterocycles. The van der Waals surface area contributed by atoms with E-state index in [2.05, 4.69) is 10.4 Å². The normalized spacial score (nSPS) is 14.8. The molecule has 1 heterocycles. The summed E-state index contributed by atoms with van der Waals surface area (Å²) in [6, 6.07) is 7.68. The van der Waals surface area contributed by atoms with Crippen molar-refractivity contribution in [3.63, 3.8) is 0 Å². The van der Waals surface area contributed by atoms with E-state index in [1.165, 1.54) is 22.9 Å².